The zero-order chi connectivity index (χ0) is 21.6. The lowest BCUT2D eigenvalue weighted by molar-refractivity contribution is 0.0945. The second kappa shape index (κ2) is 9.61. The highest BCUT2D eigenvalue weighted by atomic mass is 16.7. The molecule has 0 aliphatic carbocycles. The van der Waals surface area contributed by atoms with Crippen molar-refractivity contribution >= 4 is 5.91 Å². The Labute approximate surface area is 181 Å². The van der Waals surface area contributed by atoms with Crippen LogP contribution in [0.2, 0.25) is 0 Å². The van der Waals surface area contributed by atoms with E-state index in [1.165, 1.54) is 6.26 Å². The second-order valence-corrected chi connectivity index (χ2v) is 7.51. The Hall–Kier alpha value is -3.39. The first-order valence-corrected chi connectivity index (χ1v) is 10.4. The van der Waals surface area contributed by atoms with E-state index in [1.807, 2.05) is 30.3 Å². The van der Waals surface area contributed by atoms with Crippen LogP contribution in [0.5, 0.6) is 11.5 Å². The quantitative estimate of drug-likeness (QED) is 0.564. The summed E-state index contributed by atoms with van der Waals surface area (Å²) in [4.78, 5) is 23.1. The van der Waals surface area contributed by atoms with E-state index in [-0.39, 0.29) is 18.4 Å². The van der Waals surface area contributed by atoms with Gasteiger partial charge in [-0.2, -0.15) is 0 Å². The smallest absolute Gasteiger partial charge is 0.273 e. The summed E-state index contributed by atoms with van der Waals surface area (Å²) in [6.45, 7) is 6.19. The third-order valence-electron chi connectivity index (χ3n) is 5.36. The van der Waals surface area contributed by atoms with Gasteiger partial charge in [0.05, 0.1) is 6.54 Å². The highest BCUT2D eigenvalue weighted by molar-refractivity contribution is 5.91. The first-order valence-electron chi connectivity index (χ1n) is 10.4. The number of benzene rings is 1. The van der Waals surface area contributed by atoms with Crippen LogP contribution in [-0.4, -0.2) is 33.6 Å². The maximum Gasteiger partial charge on any atom is 0.273 e. The molecule has 3 heterocycles. The van der Waals surface area contributed by atoms with Gasteiger partial charge < -0.3 is 19.2 Å². The van der Waals surface area contributed by atoms with E-state index >= 15 is 0 Å². The van der Waals surface area contributed by atoms with Crippen molar-refractivity contribution in [3.05, 3.63) is 71.7 Å². The number of fused-ring (bicyclic) bond motifs is 1. The largest absolute Gasteiger partial charge is 0.454 e. The van der Waals surface area contributed by atoms with E-state index in [4.69, 9.17) is 13.9 Å². The zero-order valence-corrected chi connectivity index (χ0v) is 17.7. The van der Waals surface area contributed by atoms with Gasteiger partial charge in [-0.25, -0.2) is 4.98 Å². The summed E-state index contributed by atoms with van der Waals surface area (Å²) in [5, 5.41) is 2.85. The van der Waals surface area contributed by atoms with Crippen LogP contribution in [0.3, 0.4) is 0 Å². The summed E-state index contributed by atoms with van der Waals surface area (Å²) in [5.41, 5.74) is 2.36. The van der Waals surface area contributed by atoms with Crippen molar-refractivity contribution in [3.8, 4) is 11.5 Å². The van der Waals surface area contributed by atoms with Crippen LogP contribution in [0.1, 0.15) is 47.8 Å². The number of rotatable bonds is 9. The molecule has 0 unspecified atom stereocenters. The van der Waals surface area contributed by atoms with E-state index in [2.05, 4.69) is 34.0 Å². The molecule has 0 fully saturated rings. The summed E-state index contributed by atoms with van der Waals surface area (Å²) in [5.74, 6) is 1.78. The molecule has 0 saturated carbocycles. The van der Waals surface area contributed by atoms with Crippen LogP contribution in [-0.2, 0) is 19.6 Å². The molecular weight excluding hydrogens is 396 g/mol. The maximum atomic E-state index is 12.4. The molecule has 0 bridgehead atoms. The van der Waals surface area contributed by atoms with E-state index < -0.39 is 0 Å². The number of hydrogen-bond donors (Lipinski definition) is 1. The van der Waals surface area contributed by atoms with Gasteiger partial charge in [0.15, 0.2) is 17.2 Å². The number of hydrogen-bond acceptors (Lipinski definition) is 7. The average Bonchev–Trinajstić information content (AvgIpc) is 3.46. The molecular formula is C23H26N4O4. The monoisotopic (exact) mass is 422 g/mol. The van der Waals surface area contributed by atoms with Crippen molar-refractivity contribution in [3.63, 3.8) is 0 Å². The molecule has 1 amide bonds. The number of carbonyl (C=O) groups is 1. The molecule has 0 spiro atoms. The van der Waals surface area contributed by atoms with Crippen LogP contribution in [0.4, 0.5) is 0 Å². The molecule has 1 aliphatic heterocycles. The maximum absolute atomic E-state index is 12.4. The van der Waals surface area contributed by atoms with E-state index in [0.717, 1.165) is 29.0 Å². The zero-order valence-electron chi connectivity index (χ0n) is 17.7. The molecule has 4 rings (SSSR count). The Morgan fingerprint density at radius 1 is 1.13 bits per heavy atom. The Bertz CT molecular complexity index is 1020. The van der Waals surface area contributed by atoms with Gasteiger partial charge in [-0.05, 0) is 48.7 Å². The van der Waals surface area contributed by atoms with Gasteiger partial charge in [0, 0.05) is 31.5 Å². The second-order valence-electron chi connectivity index (χ2n) is 7.51. The summed E-state index contributed by atoms with van der Waals surface area (Å²) in [7, 11) is 0. The Morgan fingerprint density at radius 3 is 2.74 bits per heavy atom. The predicted molar refractivity (Wildman–Crippen MR) is 113 cm³/mol. The van der Waals surface area contributed by atoms with E-state index in [1.54, 1.807) is 12.4 Å². The van der Waals surface area contributed by atoms with Gasteiger partial charge in [0.1, 0.15) is 6.26 Å². The Kier molecular flexibility index (Phi) is 6.47. The topological polar surface area (TPSA) is 89.7 Å². The highest BCUT2D eigenvalue weighted by Gasteiger charge is 2.20. The number of nitrogens with one attached hydrogen (secondary N) is 1. The van der Waals surface area contributed by atoms with Crippen molar-refractivity contribution in [2.45, 2.75) is 45.9 Å². The standard InChI is InChI=1S/C23H26N4O4/c1-3-16(2)27(12-18-4-5-20-21(10-18)31-15-30-20)13-22-26-19(14-29-22)23(28)25-11-17-6-8-24-9-7-17/h4-10,14,16H,3,11-13,15H2,1-2H3,(H,25,28)/t16-/m0/s1. The van der Waals surface area contributed by atoms with Gasteiger partial charge in [0.2, 0.25) is 12.7 Å². The van der Waals surface area contributed by atoms with Crippen molar-refractivity contribution in [1.82, 2.24) is 20.2 Å². The molecule has 1 aliphatic rings. The van der Waals surface area contributed by atoms with Gasteiger partial charge >= 0.3 is 0 Å². The Balaban J connectivity index is 1.39. The third kappa shape index (κ3) is 5.21. The van der Waals surface area contributed by atoms with Crippen molar-refractivity contribution in [1.29, 1.82) is 0 Å². The van der Waals surface area contributed by atoms with Gasteiger partial charge in [-0.3, -0.25) is 14.7 Å². The number of pyridine rings is 1. The average molecular weight is 422 g/mol. The molecule has 31 heavy (non-hydrogen) atoms. The first kappa shape index (κ1) is 20.9. The molecule has 0 saturated heterocycles. The summed E-state index contributed by atoms with van der Waals surface area (Å²) < 4.78 is 16.5. The Morgan fingerprint density at radius 2 is 1.94 bits per heavy atom. The van der Waals surface area contributed by atoms with Crippen LogP contribution < -0.4 is 14.8 Å². The lowest BCUT2D eigenvalue weighted by Crippen LogP contribution is -2.31. The van der Waals surface area contributed by atoms with Crippen LogP contribution in [0.15, 0.2) is 53.4 Å². The van der Waals surface area contributed by atoms with E-state index in [9.17, 15) is 4.79 Å². The van der Waals surface area contributed by atoms with Gasteiger partial charge in [-0.1, -0.05) is 13.0 Å². The van der Waals surface area contributed by atoms with Crippen LogP contribution in [0, 0.1) is 0 Å². The summed E-state index contributed by atoms with van der Waals surface area (Å²) >= 11 is 0. The number of aromatic nitrogens is 2. The fraction of sp³-hybridized carbons (Fsp3) is 0.348. The van der Waals surface area contributed by atoms with Gasteiger partial charge in [0.25, 0.3) is 5.91 Å². The molecule has 2 aromatic heterocycles. The van der Waals surface area contributed by atoms with E-state index in [0.29, 0.717) is 31.6 Å². The minimum absolute atomic E-state index is 0.260. The molecule has 1 atom stereocenters. The summed E-state index contributed by atoms with van der Waals surface area (Å²) in [6.07, 6.45) is 5.77. The number of oxazole rings is 1. The predicted octanol–water partition coefficient (Wildman–Crippen LogP) is 3.53. The number of amides is 1. The fourth-order valence-electron chi connectivity index (χ4n) is 3.33. The molecule has 0 radical (unpaired) electrons. The van der Waals surface area contributed by atoms with Crippen molar-refractivity contribution < 1.29 is 18.7 Å². The summed E-state index contributed by atoms with van der Waals surface area (Å²) in [6, 6.07) is 10.00. The number of ether oxygens (including phenoxy) is 2. The van der Waals surface area contributed by atoms with Crippen molar-refractivity contribution in [2.75, 3.05) is 6.79 Å². The number of carbonyl (C=O) groups excluding carboxylic acids is 1. The fourth-order valence-corrected chi connectivity index (χ4v) is 3.33. The molecule has 1 aromatic carbocycles. The third-order valence-corrected chi connectivity index (χ3v) is 5.36. The van der Waals surface area contributed by atoms with Crippen LogP contribution in [0.25, 0.3) is 0 Å². The SMILES string of the molecule is CC[C@H](C)N(Cc1ccc2c(c1)OCO2)Cc1nc(C(=O)NCc2ccncc2)co1. The minimum atomic E-state index is -0.266. The molecule has 8 heteroatoms. The normalized spacial score (nSPS) is 13.4. The molecule has 3 aromatic rings. The highest BCUT2D eigenvalue weighted by Crippen LogP contribution is 2.33. The lowest BCUT2D eigenvalue weighted by atomic mass is 10.1. The van der Waals surface area contributed by atoms with Crippen molar-refractivity contribution in [2.24, 2.45) is 0 Å². The van der Waals surface area contributed by atoms with Crippen LogP contribution >= 0.6 is 0 Å². The molecule has 1 N–H and O–H groups in total. The van der Waals surface area contributed by atoms with Gasteiger partial charge in [-0.15, -0.1) is 0 Å². The number of nitrogens with zero attached hydrogens (tertiary/aromatic N) is 3. The molecule has 8 nitrogen and oxygen atoms in total. The minimum Gasteiger partial charge on any atom is -0.454 e. The lowest BCUT2D eigenvalue weighted by Gasteiger charge is -2.27. The first-order chi connectivity index (χ1) is 15.1. The molecule has 162 valence electrons.